The van der Waals surface area contributed by atoms with Gasteiger partial charge in [-0.1, -0.05) is 6.08 Å². The van der Waals surface area contributed by atoms with Crippen LogP contribution in [0.4, 0.5) is 0 Å². The summed E-state index contributed by atoms with van der Waals surface area (Å²) in [6.07, 6.45) is 3.00. The fraction of sp³-hybridized carbons (Fsp3) is 0.667. The summed E-state index contributed by atoms with van der Waals surface area (Å²) >= 11 is 0. The van der Waals surface area contributed by atoms with Crippen molar-refractivity contribution in [3.8, 4) is 0 Å². The number of likely N-dealkylation sites (N-methyl/N-ethyl adjacent to an activating group) is 1. The Balaban J connectivity index is 3.89. The van der Waals surface area contributed by atoms with Crippen LogP contribution in [0.1, 0.15) is 20.8 Å². The van der Waals surface area contributed by atoms with Crippen molar-refractivity contribution in [3.63, 3.8) is 0 Å². The van der Waals surface area contributed by atoms with Gasteiger partial charge >= 0.3 is 5.97 Å². The van der Waals surface area contributed by atoms with Gasteiger partial charge in [0.15, 0.2) is 0 Å². The minimum Gasteiger partial charge on any atom is -0.463 e. The van der Waals surface area contributed by atoms with Crippen LogP contribution in [0.15, 0.2) is 12.2 Å². The molecule has 0 bridgehead atoms. The van der Waals surface area contributed by atoms with Crippen molar-refractivity contribution >= 4 is 11.9 Å². The molecule has 1 N–H and O–H groups in total. The molecule has 0 heterocycles. The molecule has 1 amide bonds. The minimum absolute atomic E-state index is 0.0389. The lowest BCUT2D eigenvalue weighted by Gasteiger charge is -2.19. The number of nitrogens with one attached hydrogen (secondary N) is 1. The molecule has 0 saturated carbocycles. The fourth-order valence-electron chi connectivity index (χ4n) is 1.16. The highest BCUT2D eigenvalue weighted by atomic mass is 16.5. The predicted molar refractivity (Wildman–Crippen MR) is 66.5 cm³/mol. The zero-order chi connectivity index (χ0) is 13.3. The largest absolute Gasteiger partial charge is 0.463 e. The molecule has 5 nitrogen and oxygen atoms in total. The summed E-state index contributed by atoms with van der Waals surface area (Å²) in [5.74, 6) is -0.323. The van der Waals surface area contributed by atoms with Crippen LogP contribution in [-0.2, 0) is 14.3 Å². The van der Waals surface area contributed by atoms with Gasteiger partial charge in [-0.2, -0.15) is 0 Å². The first-order valence-electron chi connectivity index (χ1n) is 5.84. The quantitative estimate of drug-likeness (QED) is 0.523. The molecular weight excluding hydrogens is 220 g/mol. The molecule has 1 unspecified atom stereocenters. The molecule has 0 aromatic rings. The molecule has 5 heteroatoms. The summed E-state index contributed by atoms with van der Waals surface area (Å²) < 4.78 is 4.72. The Morgan fingerprint density at radius 1 is 1.41 bits per heavy atom. The normalized spacial score (nSPS) is 12.5. The zero-order valence-electron chi connectivity index (χ0n) is 11.0. The molecule has 0 radical (unpaired) electrons. The molecule has 0 aliphatic heterocycles. The number of esters is 1. The van der Waals surface area contributed by atoms with E-state index in [1.165, 1.54) is 6.08 Å². The van der Waals surface area contributed by atoms with Crippen LogP contribution in [0.3, 0.4) is 0 Å². The third-order valence-corrected chi connectivity index (χ3v) is 2.30. The standard InChI is InChI=1S/C12H22N2O3/c1-5-14(4)12(16)10(3)13-9-7-8-11(15)17-6-2/h7-8,10,13H,5-6,9H2,1-4H3/b8-7+. The SMILES string of the molecule is CCOC(=O)/C=C/CNC(C)C(=O)N(C)CC. The fourth-order valence-corrected chi connectivity index (χ4v) is 1.16. The lowest BCUT2D eigenvalue weighted by atomic mass is 10.3. The number of hydrogen-bond donors (Lipinski definition) is 1. The van der Waals surface area contributed by atoms with Gasteiger partial charge in [0, 0.05) is 26.2 Å². The lowest BCUT2D eigenvalue weighted by molar-refractivity contribution is -0.137. The van der Waals surface area contributed by atoms with E-state index in [0.29, 0.717) is 19.7 Å². The number of nitrogens with zero attached hydrogens (tertiary/aromatic N) is 1. The lowest BCUT2D eigenvalue weighted by Crippen LogP contribution is -2.43. The Bertz CT molecular complexity index is 277. The number of carbonyl (C=O) groups is 2. The molecule has 0 spiro atoms. The van der Waals surface area contributed by atoms with Crippen LogP contribution in [0.5, 0.6) is 0 Å². The Hall–Kier alpha value is -1.36. The highest BCUT2D eigenvalue weighted by Crippen LogP contribution is 1.91. The van der Waals surface area contributed by atoms with E-state index in [1.54, 1.807) is 31.9 Å². The van der Waals surface area contributed by atoms with Gasteiger partial charge in [-0.15, -0.1) is 0 Å². The second-order valence-electron chi connectivity index (χ2n) is 3.64. The molecule has 0 aromatic carbocycles. The Morgan fingerprint density at radius 3 is 2.59 bits per heavy atom. The van der Waals surface area contributed by atoms with Crippen molar-refractivity contribution in [2.24, 2.45) is 0 Å². The van der Waals surface area contributed by atoms with Crippen molar-refractivity contribution < 1.29 is 14.3 Å². The Kier molecular flexibility index (Phi) is 8.05. The van der Waals surface area contributed by atoms with Crippen LogP contribution in [0.25, 0.3) is 0 Å². The summed E-state index contributed by atoms with van der Waals surface area (Å²) in [5.41, 5.74) is 0. The van der Waals surface area contributed by atoms with E-state index in [-0.39, 0.29) is 17.9 Å². The van der Waals surface area contributed by atoms with Crippen molar-refractivity contribution in [1.82, 2.24) is 10.2 Å². The topological polar surface area (TPSA) is 58.6 Å². The number of carbonyl (C=O) groups excluding carboxylic acids is 2. The minimum atomic E-state index is -0.362. The second-order valence-corrected chi connectivity index (χ2v) is 3.64. The summed E-state index contributed by atoms with van der Waals surface area (Å²) in [6.45, 7) is 6.99. The molecule has 98 valence electrons. The average Bonchev–Trinajstić information content (AvgIpc) is 2.32. The van der Waals surface area contributed by atoms with E-state index < -0.39 is 0 Å². The number of ether oxygens (including phenoxy) is 1. The highest BCUT2D eigenvalue weighted by Gasteiger charge is 2.14. The van der Waals surface area contributed by atoms with Crippen molar-refractivity contribution in [2.75, 3.05) is 26.7 Å². The number of amides is 1. The van der Waals surface area contributed by atoms with E-state index >= 15 is 0 Å². The maximum atomic E-state index is 11.7. The van der Waals surface area contributed by atoms with Crippen LogP contribution in [0.2, 0.25) is 0 Å². The molecule has 0 saturated heterocycles. The molecule has 17 heavy (non-hydrogen) atoms. The highest BCUT2D eigenvalue weighted by molar-refractivity contribution is 5.82. The van der Waals surface area contributed by atoms with E-state index in [1.807, 2.05) is 6.92 Å². The average molecular weight is 242 g/mol. The van der Waals surface area contributed by atoms with Gasteiger partial charge in [0.2, 0.25) is 5.91 Å². The van der Waals surface area contributed by atoms with E-state index in [0.717, 1.165) is 0 Å². The summed E-state index contributed by atoms with van der Waals surface area (Å²) in [5, 5.41) is 3.01. The Labute approximate surface area is 103 Å². The van der Waals surface area contributed by atoms with Crippen LogP contribution >= 0.6 is 0 Å². The Morgan fingerprint density at radius 2 is 2.06 bits per heavy atom. The predicted octanol–water partition coefficient (Wildman–Crippen LogP) is 0.562. The zero-order valence-corrected chi connectivity index (χ0v) is 11.0. The van der Waals surface area contributed by atoms with E-state index in [4.69, 9.17) is 4.74 Å². The first kappa shape index (κ1) is 15.6. The molecular formula is C12H22N2O3. The van der Waals surface area contributed by atoms with Gasteiger partial charge in [0.25, 0.3) is 0 Å². The summed E-state index contributed by atoms with van der Waals surface area (Å²) in [6, 6.07) is -0.258. The van der Waals surface area contributed by atoms with Gasteiger partial charge in [0.05, 0.1) is 12.6 Å². The maximum absolute atomic E-state index is 11.7. The van der Waals surface area contributed by atoms with Gasteiger partial charge in [0.1, 0.15) is 0 Å². The molecule has 1 atom stereocenters. The van der Waals surface area contributed by atoms with E-state index in [9.17, 15) is 9.59 Å². The van der Waals surface area contributed by atoms with E-state index in [2.05, 4.69) is 5.32 Å². The van der Waals surface area contributed by atoms with Crippen molar-refractivity contribution in [1.29, 1.82) is 0 Å². The molecule has 0 rings (SSSR count). The van der Waals surface area contributed by atoms with Crippen LogP contribution < -0.4 is 5.32 Å². The smallest absolute Gasteiger partial charge is 0.330 e. The van der Waals surface area contributed by atoms with Gasteiger partial charge < -0.3 is 15.0 Å². The molecule has 0 aliphatic carbocycles. The van der Waals surface area contributed by atoms with Gasteiger partial charge in [-0.3, -0.25) is 4.79 Å². The molecule has 0 aliphatic rings. The number of hydrogen-bond acceptors (Lipinski definition) is 4. The summed E-state index contributed by atoms with van der Waals surface area (Å²) in [7, 11) is 1.76. The first-order valence-corrected chi connectivity index (χ1v) is 5.84. The molecule has 0 fully saturated rings. The van der Waals surface area contributed by atoms with Crippen molar-refractivity contribution in [3.05, 3.63) is 12.2 Å². The maximum Gasteiger partial charge on any atom is 0.330 e. The van der Waals surface area contributed by atoms with Crippen LogP contribution in [0, 0.1) is 0 Å². The number of rotatable bonds is 7. The summed E-state index contributed by atoms with van der Waals surface area (Å²) in [4.78, 5) is 24.3. The van der Waals surface area contributed by atoms with Gasteiger partial charge in [-0.25, -0.2) is 4.79 Å². The third-order valence-electron chi connectivity index (χ3n) is 2.30. The van der Waals surface area contributed by atoms with Crippen LogP contribution in [-0.4, -0.2) is 49.6 Å². The second kappa shape index (κ2) is 8.75. The monoisotopic (exact) mass is 242 g/mol. The first-order chi connectivity index (χ1) is 8.02. The van der Waals surface area contributed by atoms with Crippen molar-refractivity contribution in [2.45, 2.75) is 26.8 Å². The van der Waals surface area contributed by atoms with Gasteiger partial charge in [-0.05, 0) is 20.8 Å². The third kappa shape index (κ3) is 6.73. The molecule has 0 aromatic heterocycles.